The molecule has 0 saturated carbocycles. The molecule has 0 aliphatic rings. The molecule has 3 rings (SSSR count). The average Bonchev–Trinajstić information content (AvgIpc) is 2.65. The van der Waals surface area contributed by atoms with Crippen LogP contribution in [0.2, 0.25) is 0 Å². The standard InChI is InChI=1S/C22H14F8O/c1-21(2,19-14(23)4-3-5-15(19)24)22(29,30)31-12-6-7-13(16(25)10-12)11-8-17(26)20(28)18(27)9-11/h3-10H,1-2H3. The van der Waals surface area contributed by atoms with Crippen LogP contribution in [0.4, 0.5) is 35.1 Å². The van der Waals surface area contributed by atoms with Crippen molar-refractivity contribution in [3.05, 3.63) is 89.0 Å². The fourth-order valence-corrected chi connectivity index (χ4v) is 3.02. The van der Waals surface area contributed by atoms with Crippen molar-refractivity contribution in [3.8, 4) is 16.9 Å². The van der Waals surface area contributed by atoms with Gasteiger partial charge in [0, 0.05) is 17.2 Å². The van der Waals surface area contributed by atoms with Gasteiger partial charge < -0.3 is 4.74 Å². The van der Waals surface area contributed by atoms with Gasteiger partial charge in [0.1, 0.15) is 23.2 Å². The monoisotopic (exact) mass is 446 g/mol. The number of hydrogen-bond donors (Lipinski definition) is 0. The second kappa shape index (κ2) is 7.86. The first-order chi connectivity index (χ1) is 14.3. The molecule has 0 N–H and O–H groups in total. The molecule has 0 aliphatic carbocycles. The average molecular weight is 446 g/mol. The third-order valence-electron chi connectivity index (χ3n) is 4.80. The predicted octanol–water partition coefficient (Wildman–Crippen LogP) is 7.14. The summed E-state index contributed by atoms with van der Waals surface area (Å²) in [4.78, 5) is 0. The summed E-state index contributed by atoms with van der Waals surface area (Å²) in [6, 6.07) is 5.99. The summed E-state index contributed by atoms with van der Waals surface area (Å²) in [6.07, 6.45) is -4.20. The van der Waals surface area contributed by atoms with E-state index in [1.807, 2.05) is 0 Å². The Morgan fingerprint density at radius 2 is 1.23 bits per heavy atom. The largest absolute Gasteiger partial charge is 0.432 e. The highest BCUT2D eigenvalue weighted by atomic mass is 19.3. The Morgan fingerprint density at radius 1 is 0.677 bits per heavy atom. The summed E-state index contributed by atoms with van der Waals surface area (Å²) >= 11 is 0. The van der Waals surface area contributed by atoms with E-state index >= 15 is 0 Å². The molecule has 9 heteroatoms. The molecule has 0 radical (unpaired) electrons. The molecule has 3 aromatic rings. The minimum absolute atomic E-state index is 0.374. The van der Waals surface area contributed by atoms with E-state index in [1.54, 1.807) is 0 Å². The quantitative estimate of drug-likeness (QED) is 0.299. The predicted molar refractivity (Wildman–Crippen MR) is 96.7 cm³/mol. The van der Waals surface area contributed by atoms with Gasteiger partial charge in [-0.25, -0.2) is 26.3 Å². The molecule has 0 atom stereocenters. The van der Waals surface area contributed by atoms with E-state index < -0.39 is 63.3 Å². The van der Waals surface area contributed by atoms with Crippen molar-refractivity contribution >= 4 is 0 Å². The molecule has 0 amide bonds. The van der Waals surface area contributed by atoms with Crippen LogP contribution in [0.15, 0.2) is 48.5 Å². The van der Waals surface area contributed by atoms with Gasteiger partial charge in [-0.05, 0) is 55.8 Å². The fourth-order valence-electron chi connectivity index (χ4n) is 3.02. The van der Waals surface area contributed by atoms with E-state index in [4.69, 9.17) is 0 Å². The van der Waals surface area contributed by atoms with Crippen molar-refractivity contribution < 1.29 is 39.9 Å². The molecule has 0 aromatic heterocycles. The van der Waals surface area contributed by atoms with Crippen LogP contribution in [0.3, 0.4) is 0 Å². The lowest BCUT2D eigenvalue weighted by Gasteiger charge is -2.34. The van der Waals surface area contributed by atoms with E-state index in [1.165, 1.54) is 0 Å². The smallest absolute Gasteiger partial charge is 0.407 e. The molecule has 0 saturated heterocycles. The molecule has 0 spiro atoms. The molecular weight excluding hydrogens is 432 g/mol. The van der Waals surface area contributed by atoms with Gasteiger partial charge in [0.05, 0.1) is 5.41 Å². The maximum Gasteiger partial charge on any atom is 0.407 e. The fraction of sp³-hybridized carbons (Fsp3) is 0.182. The minimum atomic E-state index is -4.20. The summed E-state index contributed by atoms with van der Waals surface area (Å²) in [6.45, 7) is 1.70. The molecule has 0 fully saturated rings. The SMILES string of the molecule is CC(C)(c1c(F)cccc1F)C(F)(F)Oc1ccc(-c2cc(F)c(F)c(F)c2)c(F)c1. The van der Waals surface area contributed by atoms with Gasteiger partial charge in [-0.15, -0.1) is 0 Å². The molecule has 1 nitrogen and oxygen atoms in total. The molecule has 0 heterocycles. The lowest BCUT2D eigenvalue weighted by molar-refractivity contribution is -0.222. The number of halogens is 8. The number of ether oxygens (including phenoxy) is 1. The van der Waals surface area contributed by atoms with E-state index in [0.717, 1.165) is 44.2 Å². The first-order valence-corrected chi connectivity index (χ1v) is 8.81. The zero-order valence-electron chi connectivity index (χ0n) is 16.1. The Balaban J connectivity index is 1.95. The van der Waals surface area contributed by atoms with Crippen LogP contribution < -0.4 is 4.74 Å². The Bertz CT molecular complexity index is 1100. The van der Waals surface area contributed by atoms with Gasteiger partial charge in [0.15, 0.2) is 17.5 Å². The summed E-state index contributed by atoms with van der Waals surface area (Å²) in [7, 11) is 0. The van der Waals surface area contributed by atoms with Crippen molar-refractivity contribution in [2.24, 2.45) is 0 Å². The van der Waals surface area contributed by atoms with Crippen molar-refractivity contribution in [2.75, 3.05) is 0 Å². The lowest BCUT2D eigenvalue weighted by Crippen LogP contribution is -2.46. The molecular formula is C22H14F8O. The maximum absolute atomic E-state index is 14.8. The summed E-state index contributed by atoms with van der Waals surface area (Å²) in [5.74, 6) is -9.20. The van der Waals surface area contributed by atoms with Crippen molar-refractivity contribution in [1.82, 2.24) is 0 Å². The summed E-state index contributed by atoms with van der Waals surface area (Å²) in [5, 5.41) is 0. The first-order valence-electron chi connectivity index (χ1n) is 8.81. The minimum Gasteiger partial charge on any atom is -0.432 e. The van der Waals surface area contributed by atoms with Crippen molar-refractivity contribution in [2.45, 2.75) is 25.4 Å². The molecule has 31 heavy (non-hydrogen) atoms. The third-order valence-corrected chi connectivity index (χ3v) is 4.80. The lowest BCUT2D eigenvalue weighted by atomic mass is 9.82. The number of rotatable bonds is 5. The van der Waals surface area contributed by atoms with Crippen LogP contribution in [0.25, 0.3) is 11.1 Å². The summed E-state index contributed by atoms with van der Waals surface area (Å²) < 4.78 is 117. The molecule has 0 bridgehead atoms. The van der Waals surface area contributed by atoms with Crippen LogP contribution in [0.5, 0.6) is 5.75 Å². The maximum atomic E-state index is 14.8. The summed E-state index contributed by atoms with van der Waals surface area (Å²) in [5.41, 5.74) is -4.20. The van der Waals surface area contributed by atoms with Gasteiger partial charge in [-0.1, -0.05) is 6.07 Å². The third kappa shape index (κ3) is 4.08. The Morgan fingerprint density at radius 3 is 1.74 bits per heavy atom. The molecule has 3 aromatic carbocycles. The van der Waals surface area contributed by atoms with Crippen LogP contribution in [0, 0.1) is 34.9 Å². The van der Waals surface area contributed by atoms with E-state index in [0.29, 0.717) is 18.2 Å². The zero-order valence-corrected chi connectivity index (χ0v) is 16.1. The normalized spacial score (nSPS) is 12.2. The highest BCUT2D eigenvalue weighted by molar-refractivity contribution is 5.65. The number of hydrogen-bond acceptors (Lipinski definition) is 1. The number of alkyl halides is 2. The van der Waals surface area contributed by atoms with Crippen LogP contribution in [0.1, 0.15) is 19.4 Å². The molecule has 0 aliphatic heterocycles. The first kappa shape index (κ1) is 22.6. The van der Waals surface area contributed by atoms with Gasteiger partial charge in [0.2, 0.25) is 0 Å². The second-order valence-corrected chi connectivity index (χ2v) is 7.24. The molecule has 164 valence electrons. The van der Waals surface area contributed by atoms with Gasteiger partial charge in [-0.2, -0.15) is 8.78 Å². The Kier molecular flexibility index (Phi) is 5.73. The van der Waals surface area contributed by atoms with E-state index in [2.05, 4.69) is 4.74 Å². The van der Waals surface area contributed by atoms with Gasteiger partial charge in [0.25, 0.3) is 0 Å². The Labute approximate surface area is 171 Å². The molecule has 0 unspecified atom stereocenters. The van der Waals surface area contributed by atoms with Crippen LogP contribution >= 0.6 is 0 Å². The Hall–Kier alpha value is -3.10. The van der Waals surface area contributed by atoms with Crippen LogP contribution in [-0.2, 0) is 5.41 Å². The highest BCUT2D eigenvalue weighted by Gasteiger charge is 2.53. The highest BCUT2D eigenvalue weighted by Crippen LogP contribution is 2.43. The van der Waals surface area contributed by atoms with Crippen molar-refractivity contribution in [1.29, 1.82) is 0 Å². The van der Waals surface area contributed by atoms with E-state index in [-0.39, 0.29) is 5.56 Å². The topological polar surface area (TPSA) is 9.23 Å². The zero-order chi connectivity index (χ0) is 23.1. The van der Waals surface area contributed by atoms with Gasteiger partial charge >= 0.3 is 6.11 Å². The van der Waals surface area contributed by atoms with E-state index in [9.17, 15) is 35.1 Å². The van der Waals surface area contributed by atoms with Crippen molar-refractivity contribution in [3.63, 3.8) is 0 Å². The number of benzene rings is 3. The van der Waals surface area contributed by atoms with Gasteiger partial charge in [-0.3, -0.25) is 0 Å². The van der Waals surface area contributed by atoms with Crippen LogP contribution in [-0.4, -0.2) is 6.11 Å². The second-order valence-electron chi connectivity index (χ2n) is 7.24.